The summed E-state index contributed by atoms with van der Waals surface area (Å²) in [5.74, 6) is 0.889. The van der Waals surface area contributed by atoms with Crippen LogP contribution >= 0.6 is 0 Å². The van der Waals surface area contributed by atoms with Crippen molar-refractivity contribution in [3.63, 3.8) is 0 Å². The lowest BCUT2D eigenvalue weighted by Gasteiger charge is -2.34. The van der Waals surface area contributed by atoms with Crippen LogP contribution in [0, 0.1) is 0 Å². The lowest BCUT2D eigenvalue weighted by Crippen LogP contribution is -2.37. The molecule has 0 atom stereocenters. The fourth-order valence-corrected chi connectivity index (χ4v) is 4.70. The summed E-state index contributed by atoms with van der Waals surface area (Å²) in [6.07, 6.45) is 4.73. The van der Waals surface area contributed by atoms with Gasteiger partial charge in [0.15, 0.2) is 5.65 Å². The van der Waals surface area contributed by atoms with E-state index in [4.69, 9.17) is 9.72 Å². The normalized spacial score (nSPS) is 13.8. The van der Waals surface area contributed by atoms with Gasteiger partial charge in [0, 0.05) is 29.1 Å². The van der Waals surface area contributed by atoms with Crippen molar-refractivity contribution in [3.05, 3.63) is 54.9 Å². The average Bonchev–Trinajstić information content (AvgIpc) is 3.20. The first-order valence-corrected chi connectivity index (χ1v) is 12.6. The van der Waals surface area contributed by atoms with Crippen LogP contribution in [0.1, 0.15) is 13.8 Å². The van der Waals surface area contributed by atoms with Gasteiger partial charge < -0.3 is 14.6 Å². The minimum Gasteiger partial charge on any atom is -0.490 e. The van der Waals surface area contributed by atoms with Crippen LogP contribution in [0.15, 0.2) is 54.9 Å². The summed E-state index contributed by atoms with van der Waals surface area (Å²) >= 11 is 0. The molecular formula is C24H25N5O3S. The number of aromatic amines is 1. The Morgan fingerprint density at radius 3 is 2.79 bits per heavy atom. The largest absolute Gasteiger partial charge is 0.490 e. The molecule has 0 radical (unpaired) electrons. The summed E-state index contributed by atoms with van der Waals surface area (Å²) in [7, 11) is -3.37. The quantitative estimate of drug-likeness (QED) is 0.458. The Hall–Kier alpha value is -3.59. The van der Waals surface area contributed by atoms with E-state index in [0.29, 0.717) is 29.7 Å². The van der Waals surface area contributed by atoms with Crippen molar-refractivity contribution >= 4 is 32.6 Å². The zero-order chi connectivity index (χ0) is 23.2. The van der Waals surface area contributed by atoms with Crippen molar-refractivity contribution < 1.29 is 13.2 Å². The second kappa shape index (κ2) is 8.08. The standard InChI is InChI=1S/C24H25N5O3S/c1-15(2)29-9-10-32-22-8-7-16(12-21(22)29)19-13-25-24-23(19)27-20(14-26-24)17-5-4-6-18(11-17)28-33(3,30)31/h4-8,11-15,28H,9-10H2,1-3H3,(H,25,26). The molecule has 4 aromatic rings. The number of ether oxygens (including phenoxy) is 1. The van der Waals surface area contributed by atoms with Gasteiger partial charge in [-0.05, 0) is 43.7 Å². The number of sulfonamides is 1. The number of H-pyrrole nitrogens is 1. The summed E-state index contributed by atoms with van der Waals surface area (Å²) in [6, 6.07) is 13.7. The Morgan fingerprint density at radius 1 is 1.15 bits per heavy atom. The Labute approximate surface area is 192 Å². The van der Waals surface area contributed by atoms with Gasteiger partial charge in [0.2, 0.25) is 10.0 Å². The maximum Gasteiger partial charge on any atom is 0.229 e. The van der Waals surface area contributed by atoms with Gasteiger partial charge in [-0.2, -0.15) is 0 Å². The number of nitrogens with zero attached hydrogens (tertiary/aromatic N) is 3. The van der Waals surface area contributed by atoms with E-state index in [2.05, 4.69) is 39.5 Å². The number of aromatic nitrogens is 3. The number of nitrogens with one attached hydrogen (secondary N) is 2. The van der Waals surface area contributed by atoms with Gasteiger partial charge >= 0.3 is 0 Å². The van der Waals surface area contributed by atoms with E-state index < -0.39 is 10.0 Å². The highest BCUT2D eigenvalue weighted by Crippen LogP contribution is 2.38. The molecule has 170 valence electrons. The third kappa shape index (κ3) is 4.23. The first kappa shape index (κ1) is 21.3. The minimum atomic E-state index is -3.37. The van der Waals surface area contributed by atoms with Crippen molar-refractivity contribution in [2.75, 3.05) is 29.0 Å². The van der Waals surface area contributed by atoms with Crippen molar-refractivity contribution in [2.45, 2.75) is 19.9 Å². The molecule has 0 fully saturated rings. The maximum atomic E-state index is 11.6. The molecule has 0 bridgehead atoms. The molecule has 1 aliphatic heterocycles. The molecule has 0 spiro atoms. The van der Waals surface area contributed by atoms with E-state index in [1.165, 1.54) is 0 Å². The fourth-order valence-electron chi connectivity index (χ4n) is 4.15. The Bertz CT molecular complexity index is 1450. The Kier molecular flexibility index (Phi) is 5.20. The molecule has 0 saturated carbocycles. The fraction of sp³-hybridized carbons (Fsp3) is 0.250. The molecule has 0 aliphatic carbocycles. The second-order valence-electron chi connectivity index (χ2n) is 8.43. The molecule has 8 nitrogen and oxygen atoms in total. The van der Waals surface area contributed by atoms with Crippen molar-refractivity contribution in [3.8, 4) is 28.1 Å². The zero-order valence-corrected chi connectivity index (χ0v) is 19.5. The average molecular weight is 464 g/mol. The number of fused-ring (bicyclic) bond motifs is 2. The van der Waals surface area contributed by atoms with Crippen LogP contribution in [0.3, 0.4) is 0 Å². The van der Waals surface area contributed by atoms with E-state index >= 15 is 0 Å². The van der Waals surface area contributed by atoms with Crippen LogP contribution in [0.5, 0.6) is 5.75 Å². The molecule has 2 aromatic carbocycles. The molecule has 9 heteroatoms. The summed E-state index contributed by atoms with van der Waals surface area (Å²) in [5, 5.41) is 0. The maximum absolute atomic E-state index is 11.6. The van der Waals surface area contributed by atoms with Crippen LogP contribution in [0.4, 0.5) is 11.4 Å². The number of hydrogen-bond donors (Lipinski definition) is 2. The topological polar surface area (TPSA) is 100 Å². The minimum absolute atomic E-state index is 0.366. The summed E-state index contributed by atoms with van der Waals surface area (Å²) < 4.78 is 31.6. The molecule has 0 saturated heterocycles. The van der Waals surface area contributed by atoms with E-state index in [9.17, 15) is 8.42 Å². The lowest BCUT2D eigenvalue weighted by molar-refractivity contribution is 0.303. The van der Waals surface area contributed by atoms with Gasteiger partial charge in [-0.3, -0.25) is 4.72 Å². The first-order chi connectivity index (χ1) is 15.8. The number of anilines is 2. The summed E-state index contributed by atoms with van der Waals surface area (Å²) in [5.41, 5.74) is 6.40. The Morgan fingerprint density at radius 2 is 2.00 bits per heavy atom. The van der Waals surface area contributed by atoms with Gasteiger partial charge in [-0.15, -0.1) is 0 Å². The van der Waals surface area contributed by atoms with Crippen LogP contribution in [0.2, 0.25) is 0 Å². The van der Waals surface area contributed by atoms with Crippen molar-refractivity contribution in [1.82, 2.24) is 15.0 Å². The molecule has 2 aromatic heterocycles. The molecule has 3 heterocycles. The molecule has 5 rings (SSSR count). The number of hydrogen-bond acceptors (Lipinski definition) is 6. The summed E-state index contributed by atoms with van der Waals surface area (Å²) in [4.78, 5) is 15.0. The van der Waals surface area contributed by atoms with Gasteiger partial charge in [0.05, 0.1) is 30.4 Å². The molecule has 33 heavy (non-hydrogen) atoms. The monoisotopic (exact) mass is 463 g/mol. The highest BCUT2D eigenvalue weighted by atomic mass is 32.2. The van der Waals surface area contributed by atoms with Crippen molar-refractivity contribution in [1.29, 1.82) is 0 Å². The first-order valence-electron chi connectivity index (χ1n) is 10.7. The summed E-state index contributed by atoms with van der Waals surface area (Å²) in [6.45, 7) is 5.89. The lowest BCUT2D eigenvalue weighted by atomic mass is 10.0. The molecule has 0 unspecified atom stereocenters. The third-order valence-corrected chi connectivity index (χ3v) is 6.24. The van der Waals surface area contributed by atoms with Crippen LogP contribution in [-0.2, 0) is 10.0 Å². The van der Waals surface area contributed by atoms with E-state index in [1.807, 2.05) is 24.4 Å². The van der Waals surface area contributed by atoms with E-state index in [0.717, 1.165) is 46.4 Å². The molecule has 0 amide bonds. The molecular weight excluding hydrogens is 438 g/mol. The zero-order valence-electron chi connectivity index (χ0n) is 18.7. The SMILES string of the molecule is CC(C)N1CCOc2ccc(-c3c[nH]c4ncc(-c5cccc(NS(C)(=O)=O)c5)nc34)cc21. The second-order valence-corrected chi connectivity index (χ2v) is 10.2. The molecule has 2 N–H and O–H groups in total. The third-order valence-electron chi connectivity index (χ3n) is 5.63. The predicted molar refractivity (Wildman–Crippen MR) is 131 cm³/mol. The Balaban J connectivity index is 1.57. The highest BCUT2D eigenvalue weighted by molar-refractivity contribution is 7.92. The van der Waals surface area contributed by atoms with Crippen LogP contribution in [-0.4, -0.2) is 48.8 Å². The number of benzene rings is 2. The smallest absolute Gasteiger partial charge is 0.229 e. The van der Waals surface area contributed by atoms with Gasteiger partial charge in [-0.25, -0.2) is 18.4 Å². The molecule has 1 aliphatic rings. The van der Waals surface area contributed by atoms with E-state index in [-0.39, 0.29) is 0 Å². The van der Waals surface area contributed by atoms with Crippen molar-refractivity contribution in [2.24, 2.45) is 0 Å². The van der Waals surface area contributed by atoms with Crippen LogP contribution < -0.4 is 14.4 Å². The van der Waals surface area contributed by atoms with E-state index in [1.54, 1.807) is 24.4 Å². The van der Waals surface area contributed by atoms with Crippen LogP contribution in [0.25, 0.3) is 33.5 Å². The van der Waals surface area contributed by atoms with Gasteiger partial charge in [-0.1, -0.05) is 18.2 Å². The van der Waals surface area contributed by atoms with Gasteiger partial charge in [0.1, 0.15) is 17.9 Å². The van der Waals surface area contributed by atoms with Gasteiger partial charge in [0.25, 0.3) is 0 Å². The predicted octanol–water partition coefficient (Wildman–Crippen LogP) is 4.27. The number of rotatable bonds is 5. The highest BCUT2D eigenvalue weighted by Gasteiger charge is 2.22.